The van der Waals surface area contributed by atoms with Gasteiger partial charge in [-0.15, -0.1) is 0 Å². The number of nitrogens with one attached hydrogen (secondary N) is 1. The Balaban J connectivity index is 1.67. The molecule has 3 aromatic rings. The van der Waals surface area contributed by atoms with E-state index < -0.39 is 12.0 Å². The lowest BCUT2D eigenvalue weighted by Crippen LogP contribution is -2.51. The lowest BCUT2D eigenvalue weighted by Gasteiger charge is -2.44. The quantitative estimate of drug-likeness (QED) is 0.558. The molecule has 152 valence electrons. The average Bonchev–Trinajstić information content (AvgIpc) is 2.77. The molecule has 1 amide bonds. The third kappa shape index (κ3) is 3.97. The molecule has 30 heavy (non-hydrogen) atoms. The molecule has 6 nitrogen and oxygen atoms in total. The molecule has 1 heterocycles. The van der Waals surface area contributed by atoms with Gasteiger partial charge < -0.3 is 9.83 Å². The van der Waals surface area contributed by atoms with Gasteiger partial charge in [0.05, 0.1) is 18.2 Å². The first-order valence-electron chi connectivity index (χ1n) is 9.50. The second-order valence-corrected chi connectivity index (χ2v) is 7.82. The Bertz CT molecular complexity index is 1070. The van der Waals surface area contributed by atoms with Gasteiger partial charge in [0.1, 0.15) is 0 Å². The van der Waals surface area contributed by atoms with Crippen molar-refractivity contribution in [1.29, 1.82) is 0 Å². The van der Waals surface area contributed by atoms with Gasteiger partial charge in [-0.2, -0.15) is 0 Å². The number of hydrazine groups is 1. The predicted molar refractivity (Wildman–Crippen MR) is 118 cm³/mol. The highest BCUT2D eigenvalue weighted by Gasteiger charge is 2.37. The molecule has 0 aliphatic carbocycles. The summed E-state index contributed by atoms with van der Waals surface area (Å²) in [6, 6.07) is 24.3. The highest BCUT2D eigenvalue weighted by Crippen LogP contribution is 2.38. The number of nitrogens with zero attached hydrogens (tertiary/aromatic N) is 2. The van der Waals surface area contributed by atoms with Crippen molar-refractivity contribution in [3.63, 3.8) is 0 Å². The van der Waals surface area contributed by atoms with Gasteiger partial charge in [0.2, 0.25) is 0 Å². The first kappa shape index (κ1) is 19.8. The van der Waals surface area contributed by atoms with E-state index in [0.717, 1.165) is 21.8 Å². The van der Waals surface area contributed by atoms with Crippen molar-refractivity contribution >= 4 is 35.2 Å². The van der Waals surface area contributed by atoms with E-state index in [1.165, 1.54) is 17.0 Å². The van der Waals surface area contributed by atoms with E-state index in [0.29, 0.717) is 5.56 Å². The van der Waals surface area contributed by atoms with E-state index in [1.807, 2.05) is 66.7 Å². The van der Waals surface area contributed by atoms with Crippen molar-refractivity contribution in [3.05, 3.63) is 90.0 Å². The van der Waals surface area contributed by atoms with Crippen molar-refractivity contribution in [2.75, 3.05) is 16.8 Å². The van der Waals surface area contributed by atoms with Crippen LogP contribution in [0.15, 0.2) is 83.8 Å². The highest BCUT2D eigenvalue weighted by molar-refractivity contribution is 8.00. The van der Waals surface area contributed by atoms with E-state index in [4.69, 9.17) is 0 Å². The lowest BCUT2D eigenvalue weighted by molar-refractivity contribution is -0.137. The topological polar surface area (TPSA) is 72.9 Å². The fourth-order valence-corrected chi connectivity index (χ4v) is 4.28. The summed E-state index contributed by atoms with van der Waals surface area (Å²) in [5.74, 6) is -1.08. The summed E-state index contributed by atoms with van der Waals surface area (Å²) in [4.78, 5) is 25.6. The summed E-state index contributed by atoms with van der Waals surface area (Å²) < 4.78 is 3.31. The molecule has 0 fully saturated rings. The van der Waals surface area contributed by atoms with Crippen molar-refractivity contribution in [2.24, 2.45) is 0 Å². The molecule has 0 saturated heterocycles. The number of hydrogen-bond acceptors (Lipinski definition) is 5. The molecule has 0 spiro atoms. The fourth-order valence-electron chi connectivity index (χ4n) is 3.63. The number of amides is 1. The molecular formula is C23H21N3O3S. The van der Waals surface area contributed by atoms with Crippen LogP contribution in [0.5, 0.6) is 0 Å². The zero-order chi connectivity index (χ0) is 21.1. The van der Waals surface area contributed by atoms with Gasteiger partial charge >= 0.3 is 5.97 Å². The normalized spacial score (nSPS) is 15.6. The second kappa shape index (κ2) is 8.51. The monoisotopic (exact) mass is 419 g/mol. The second-order valence-electron chi connectivity index (χ2n) is 6.94. The molecule has 1 unspecified atom stereocenters. The zero-order valence-corrected chi connectivity index (χ0v) is 17.2. The van der Waals surface area contributed by atoms with Crippen LogP contribution in [0.4, 0.5) is 11.4 Å². The first-order valence-corrected chi connectivity index (χ1v) is 10.3. The maximum Gasteiger partial charge on any atom is 0.305 e. The SMILES string of the molecule is CN1C(=O)c2ccccc2C(CC(=O)O)N1c1cccc(NSc2ccccc2)c1. The number of aliphatic carboxylic acids is 1. The van der Waals surface area contributed by atoms with Gasteiger partial charge in [0.25, 0.3) is 5.91 Å². The van der Waals surface area contributed by atoms with Crippen molar-refractivity contribution in [2.45, 2.75) is 17.4 Å². The minimum absolute atomic E-state index is 0.120. The van der Waals surface area contributed by atoms with Crippen molar-refractivity contribution in [3.8, 4) is 0 Å². The molecule has 0 saturated carbocycles. The van der Waals surface area contributed by atoms with Crippen LogP contribution in [0, 0.1) is 0 Å². The summed E-state index contributed by atoms with van der Waals surface area (Å²) in [5, 5.41) is 12.8. The first-order chi connectivity index (χ1) is 14.5. The molecule has 3 aromatic carbocycles. The number of carbonyl (C=O) groups is 2. The van der Waals surface area contributed by atoms with E-state index in [1.54, 1.807) is 24.2 Å². The molecule has 1 atom stereocenters. The maximum atomic E-state index is 12.9. The molecule has 7 heteroatoms. The highest BCUT2D eigenvalue weighted by atomic mass is 32.2. The number of carbonyl (C=O) groups excluding carboxylic acids is 1. The summed E-state index contributed by atoms with van der Waals surface area (Å²) in [7, 11) is 1.67. The van der Waals surface area contributed by atoms with Crippen molar-refractivity contribution in [1.82, 2.24) is 5.01 Å². The van der Waals surface area contributed by atoms with Gasteiger partial charge in [-0.1, -0.05) is 42.5 Å². The number of fused-ring (bicyclic) bond motifs is 1. The molecule has 2 N–H and O–H groups in total. The molecule has 0 bridgehead atoms. The fraction of sp³-hybridized carbons (Fsp3) is 0.130. The zero-order valence-electron chi connectivity index (χ0n) is 16.4. The van der Waals surface area contributed by atoms with Crippen LogP contribution in [0.2, 0.25) is 0 Å². The van der Waals surface area contributed by atoms with Gasteiger partial charge in [0.15, 0.2) is 0 Å². The molecule has 0 radical (unpaired) electrons. The van der Waals surface area contributed by atoms with Gasteiger partial charge in [-0.3, -0.25) is 19.6 Å². The Hall–Kier alpha value is -3.45. The minimum Gasteiger partial charge on any atom is -0.481 e. The van der Waals surface area contributed by atoms with Gasteiger partial charge in [-0.25, -0.2) is 0 Å². The summed E-state index contributed by atoms with van der Waals surface area (Å²) in [6.07, 6.45) is -0.120. The van der Waals surface area contributed by atoms with Crippen LogP contribution in [-0.4, -0.2) is 29.0 Å². The Morgan fingerprint density at radius 3 is 2.53 bits per heavy atom. The number of carboxylic acids is 1. The summed E-state index contributed by atoms with van der Waals surface area (Å²) >= 11 is 1.49. The summed E-state index contributed by atoms with van der Waals surface area (Å²) in [5.41, 5.74) is 2.86. The van der Waals surface area contributed by atoms with E-state index in [9.17, 15) is 14.7 Å². The molecular weight excluding hydrogens is 398 g/mol. The molecule has 1 aliphatic heterocycles. The number of anilines is 2. The van der Waals surface area contributed by atoms with Crippen molar-refractivity contribution < 1.29 is 14.7 Å². The van der Waals surface area contributed by atoms with Gasteiger partial charge in [-0.05, 0) is 53.9 Å². The van der Waals surface area contributed by atoms with E-state index in [-0.39, 0.29) is 12.3 Å². The van der Waals surface area contributed by atoms with Crippen LogP contribution in [-0.2, 0) is 4.79 Å². The van der Waals surface area contributed by atoms with Gasteiger partial charge in [0, 0.05) is 23.2 Å². The maximum absolute atomic E-state index is 12.9. The Kier molecular flexibility index (Phi) is 5.63. The number of rotatable bonds is 6. The summed E-state index contributed by atoms with van der Waals surface area (Å²) in [6.45, 7) is 0. The third-order valence-electron chi connectivity index (χ3n) is 4.97. The minimum atomic E-state index is -0.920. The number of carboxylic acid groups (broad SMARTS) is 1. The largest absolute Gasteiger partial charge is 0.481 e. The predicted octanol–water partition coefficient (Wildman–Crippen LogP) is 4.83. The average molecular weight is 420 g/mol. The Morgan fingerprint density at radius 1 is 1.03 bits per heavy atom. The van der Waals surface area contributed by atoms with Crippen LogP contribution in [0.3, 0.4) is 0 Å². The molecule has 1 aliphatic rings. The molecule has 0 aromatic heterocycles. The Labute approximate surface area is 179 Å². The smallest absolute Gasteiger partial charge is 0.305 e. The lowest BCUT2D eigenvalue weighted by atomic mass is 9.94. The van der Waals surface area contributed by atoms with E-state index in [2.05, 4.69) is 4.72 Å². The van der Waals surface area contributed by atoms with E-state index >= 15 is 0 Å². The third-order valence-corrected chi connectivity index (χ3v) is 5.82. The van der Waals surface area contributed by atoms with Crippen LogP contribution in [0.25, 0.3) is 0 Å². The molecule has 4 rings (SSSR count). The van der Waals surface area contributed by atoms with Crippen LogP contribution in [0.1, 0.15) is 28.4 Å². The standard InChI is InChI=1S/C23H21N3O3S/c1-25-23(29)20-13-6-5-12-19(20)21(15-22(27)28)26(25)17-9-7-8-16(14-17)24-30-18-10-3-2-4-11-18/h2-14,21,24H,15H2,1H3,(H,27,28). The Morgan fingerprint density at radius 2 is 1.77 bits per heavy atom. The number of benzene rings is 3. The number of hydrogen-bond donors (Lipinski definition) is 2. The van der Waals surface area contributed by atoms with Crippen LogP contribution < -0.4 is 9.73 Å². The van der Waals surface area contributed by atoms with Crippen LogP contribution >= 0.6 is 11.9 Å².